The van der Waals surface area contributed by atoms with E-state index in [0.717, 1.165) is 0 Å². The van der Waals surface area contributed by atoms with Crippen molar-refractivity contribution in [2.24, 2.45) is 7.05 Å². The van der Waals surface area contributed by atoms with Crippen molar-refractivity contribution in [2.75, 3.05) is 4.72 Å². The second kappa shape index (κ2) is 5.57. The first-order chi connectivity index (χ1) is 9.77. The Hall–Kier alpha value is -2.35. The van der Waals surface area contributed by atoms with Crippen LogP contribution in [0.1, 0.15) is 21.6 Å². The van der Waals surface area contributed by atoms with Crippen LogP contribution in [-0.4, -0.2) is 29.3 Å². The molecule has 1 heterocycles. The van der Waals surface area contributed by atoms with Crippen LogP contribution in [0.15, 0.2) is 30.5 Å². The number of carbonyl (C=O) groups is 1. The lowest BCUT2D eigenvalue weighted by molar-refractivity contribution is 0.0697. The molecule has 0 amide bonds. The Morgan fingerprint density at radius 2 is 1.95 bits per heavy atom. The number of carboxylic acids is 1. The normalized spacial score (nSPS) is 11.3. The summed E-state index contributed by atoms with van der Waals surface area (Å²) >= 11 is 0. The van der Waals surface area contributed by atoms with Gasteiger partial charge in [-0.3, -0.25) is 9.40 Å². The average molecular weight is 309 g/mol. The molecule has 2 N–H and O–H groups in total. The number of carboxylic acid groups (broad SMARTS) is 1. The van der Waals surface area contributed by atoms with Crippen molar-refractivity contribution in [3.8, 4) is 0 Å². The SMILES string of the molecule is Cc1nn(C)cc1NS(=O)(=O)Cc1ccc(C(=O)O)cc1. The van der Waals surface area contributed by atoms with Crippen molar-refractivity contribution in [1.29, 1.82) is 0 Å². The number of aromatic nitrogens is 2. The highest BCUT2D eigenvalue weighted by atomic mass is 32.2. The number of hydrogen-bond acceptors (Lipinski definition) is 4. The number of aryl methyl sites for hydroxylation is 2. The van der Waals surface area contributed by atoms with Crippen molar-refractivity contribution in [2.45, 2.75) is 12.7 Å². The van der Waals surface area contributed by atoms with Crippen molar-refractivity contribution >= 4 is 21.7 Å². The van der Waals surface area contributed by atoms with E-state index in [1.54, 1.807) is 20.2 Å². The van der Waals surface area contributed by atoms with E-state index in [2.05, 4.69) is 9.82 Å². The Kier molecular flexibility index (Phi) is 3.99. The quantitative estimate of drug-likeness (QED) is 0.868. The van der Waals surface area contributed by atoms with Gasteiger partial charge in [0.15, 0.2) is 0 Å². The standard InChI is InChI=1S/C13H15N3O4S/c1-9-12(7-16(2)14-9)15-21(19,20)8-10-3-5-11(6-4-10)13(17)18/h3-7,15H,8H2,1-2H3,(H,17,18). The zero-order valence-corrected chi connectivity index (χ0v) is 12.4. The van der Waals surface area contributed by atoms with Crippen LogP contribution < -0.4 is 4.72 Å². The van der Waals surface area contributed by atoms with Crippen molar-refractivity contribution < 1.29 is 18.3 Å². The number of benzene rings is 1. The third-order valence-electron chi connectivity index (χ3n) is 2.84. The number of nitrogens with zero attached hydrogens (tertiary/aromatic N) is 2. The summed E-state index contributed by atoms with van der Waals surface area (Å²) in [5.74, 6) is -1.28. The second-order valence-electron chi connectivity index (χ2n) is 4.67. The van der Waals surface area contributed by atoms with Gasteiger partial charge in [-0.15, -0.1) is 0 Å². The van der Waals surface area contributed by atoms with Crippen LogP contribution in [0.25, 0.3) is 0 Å². The highest BCUT2D eigenvalue weighted by Gasteiger charge is 2.15. The fraction of sp³-hybridized carbons (Fsp3) is 0.231. The Morgan fingerprint density at radius 1 is 1.33 bits per heavy atom. The molecule has 0 aliphatic heterocycles. The Bertz CT molecular complexity index is 763. The third kappa shape index (κ3) is 3.82. The lowest BCUT2D eigenvalue weighted by atomic mass is 10.1. The zero-order chi connectivity index (χ0) is 15.6. The number of rotatable bonds is 5. The molecule has 112 valence electrons. The molecule has 1 aromatic carbocycles. The van der Waals surface area contributed by atoms with Crippen LogP contribution in [-0.2, 0) is 22.8 Å². The number of sulfonamides is 1. The Balaban J connectivity index is 2.14. The van der Waals surface area contributed by atoms with E-state index in [4.69, 9.17) is 5.11 Å². The summed E-state index contributed by atoms with van der Waals surface area (Å²) in [7, 11) is -1.88. The highest BCUT2D eigenvalue weighted by molar-refractivity contribution is 7.91. The van der Waals surface area contributed by atoms with Gasteiger partial charge in [0.05, 0.1) is 22.7 Å². The fourth-order valence-corrected chi connectivity index (χ4v) is 3.11. The van der Waals surface area contributed by atoms with E-state index >= 15 is 0 Å². The summed E-state index contributed by atoms with van der Waals surface area (Å²) in [5, 5.41) is 12.9. The molecule has 0 bridgehead atoms. The minimum atomic E-state index is -3.58. The molecule has 0 aliphatic rings. The van der Waals surface area contributed by atoms with Gasteiger partial charge in [0.1, 0.15) is 0 Å². The number of nitrogens with one attached hydrogen (secondary N) is 1. The van der Waals surface area contributed by atoms with E-state index in [1.807, 2.05) is 0 Å². The van der Waals surface area contributed by atoms with Crippen LogP contribution >= 0.6 is 0 Å². The Labute approximate surface area is 122 Å². The maximum atomic E-state index is 12.1. The molecule has 0 aliphatic carbocycles. The molecule has 0 fully saturated rings. The first kappa shape index (κ1) is 15.0. The number of anilines is 1. The predicted molar refractivity (Wildman–Crippen MR) is 77.6 cm³/mol. The zero-order valence-electron chi connectivity index (χ0n) is 11.6. The van der Waals surface area contributed by atoms with Gasteiger partial charge >= 0.3 is 5.97 Å². The second-order valence-corrected chi connectivity index (χ2v) is 6.39. The molecular weight excluding hydrogens is 294 g/mol. The van der Waals surface area contributed by atoms with E-state index in [9.17, 15) is 13.2 Å². The summed E-state index contributed by atoms with van der Waals surface area (Å²) in [6, 6.07) is 5.72. The Morgan fingerprint density at radius 3 is 2.43 bits per heavy atom. The molecule has 21 heavy (non-hydrogen) atoms. The summed E-state index contributed by atoms with van der Waals surface area (Å²) in [5.41, 5.74) is 1.64. The van der Waals surface area contributed by atoms with Gasteiger partial charge in [0.2, 0.25) is 10.0 Å². The summed E-state index contributed by atoms with van der Waals surface area (Å²) < 4.78 is 28.2. The van der Waals surface area contributed by atoms with Gasteiger partial charge in [0, 0.05) is 13.2 Å². The van der Waals surface area contributed by atoms with Gasteiger partial charge < -0.3 is 5.11 Å². The third-order valence-corrected chi connectivity index (χ3v) is 4.08. The smallest absolute Gasteiger partial charge is 0.335 e. The van der Waals surface area contributed by atoms with Crippen molar-refractivity contribution in [1.82, 2.24) is 9.78 Å². The van der Waals surface area contributed by atoms with Gasteiger partial charge in [-0.1, -0.05) is 12.1 Å². The summed E-state index contributed by atoms with van der Waals surface area (Å²) in [6.45, 7) is 1.71. The maximum absolute atomic E-state index is 12.1. The molecule has 1 aromatic heterocycles. The average Bonchev–Trinajstić information content (AvgIpc) is 2.67. The molecule has 7 nitrogen and oxygen atoms in total. The van der Waals surface area contributed by atoms with Crippen molar-refractivity contribution in [3.63, 3.8) is 0 Å². The lowest BCUT2D eigenvalue weighted by Gasteiger charge is -2.07. The molecule has 8 heteroatoms. The minimum Gasteiger partial charge on any atom is -0.478 e. The molecular formula is C13H15N3O4S. The minimum absolute atomic E-state index is 0.118. The lowest BCUT2D eigenvalue weighted by Crippen LogP contribution is -2.15. The van der Waals surface area contributed by atoms with Gasteiger partial charge in [-0.2, -0.15) is 5.10 Å². The fourth-order valence-electron chi connectivity index (χ4n) is 1.87. The number of hydrogen-bond donors (Lipinski definition) is 2. The molecule has 2 rings (SSSR count). The van der Waals surface area contributed by atoms with Gasteiger partial charge in [-0.25, -0.2) is 13.2 Å². The molecule has 2 aromatic rings. The first-order valence-corrected chi connectivity index (χ1v) is 7.75. The van der Waals surface area contributed by atoms with Crippen LogP contribution in [0.4, 0.5) is 5.69 Å². The van der Waals surface area contributed by atoms with E-state index < -0.39 is 16.0 Å². The molecule has 0 radical (unpaired) electrons. The monoisotopic (exact) mass is 309 g/mol. The largest absolute Gasteiger partial charge is 0.478 e. The summed E-state index contributed by atoms with van der Waals surface area (Å²) in [4.78, 5) is 10.7. The van der Waals surface area contributed by atoms with Gasteiger partial charge in [0.25, 0.3) is 0 Å². The van der Waals surface area contributed by atoms with Crippen LogP contribution in [0.5, 0.6) is 0 Å². The maximum Gasteiger partial charge on any atom is 0.335 e. The molecule has 0 atom stereocenters. The first-order valence-electron chi connectivity index (χ1n) is 6.10. The highest BCUT2D eigenvalue weighted by Crippen LogP contribution is 2.16. The molecule has 0 saturated heterocycles. The van der Waals surface area contributed by atoms with Crippen LogP contribution in [0, 0.1) is 6.92 Å². The van der Waals surface area contributed by atoms with Crippen LogP contribution in [0.3, 0.4) is 0 Å². The molecule has 0 unspecified atom stereocenters. The van der Waals surface area contributed by atoms with E-state index in [0.29, 0.717) is 16.9 Å². The summed E-state index contributed by atoms with van der Waals surface area (Å²) in [6.07, 6.45) is 1.58. The van der Waals surface area contributed by atoms with Gasteiger partial charge in [-0.05, 0) is 24.6 Å². The van der Waals surface area contributed by atoms with Crippen LogP contribution in [0.2, 0.25) is 0 Å². The predicted octanol–water partition coefficient (Wildman–Crippen LogP) is 1.37. The molecule has 0 saturated carbocycles. The van der Waals surface area contributed by atoms with E-state index in [1.165, 1.54) is 28.9 Å². The topological polar surface area (TPSA) is 101 Å². The van der Waals surface area contributed by atoms with Crippen molar-refractivity contribution in [3.05, 3.63) is 47.3 Å². The number of aromatic carboxylic acids is 1. The molecule has 0 spiro atoms. The van der Waals surface area contributed by atoms with E-state index in [-0.39, 0.29) is 11.3 Å².